The van der Waals surface area contributed by atoms with E-state index in [-0.39, 0.29) is 5.02 Å². The largest absolute Gasteiger partial charge is 0.416 e. The fraction of sp³-hybridized carbons (Fsp3) is 0.611. The monoisotopic (exact) mass is 394 g/mol. The van der Waals surface area contributed by atoms with Crippen LogP contribution in [0.3, 0.4) is 0 Å². The topological polar surface area (TPSA) is 24.1 Å². The minimum Gasteiger partial charge on any atom is -0.362 e. The summed E-state index contributed by atoms with van der Waals surface area (Å²) >= 11 is 11.0. The first-order chi connectivity index (χ1) is 11.8. The maximum Gasteiger partial charge on any atom is 0.416 e. The number of hydrogen-bond donors (Lipinski definition) is 2. The second kappa shape index (κ2) is 11.6. The molecule has 0 saturated heterocycles. The highest BCUT2D eigenvalue weighted by atomic mass is 35.5. The molecule has 1 aromatic rings. The molecule has 25 heavy (non-hydrogen) atoms. The van der Waals surface area contributed by atoms with Gasteiger partial charge in [-0.3, -0.25) is 0 Å². The third-order valence-electron chi connectivity index (χ3n) is 3.86. The molecule has 7 heteroatoms. The third kappa shape index (κ3) is 9.31. The maximum absolute atomic E-state index is 12.6. The van der Waals surface area contributed by atoms with E-state index in [0.29, 0.717) is 10.8 Å². The first kappa shape index (κ1) is 22.0. The van der Waals surface area contributed by atoms with Gasteiger partial charge in [0.05, 0.1) is 16.3 Å². The lowest BCUT2D eigenvalue weighted by molar-refractivity contribution is -0.137. The lowest BCUT2D eigenvalue weighted by atomic mass is 10.1. The lowest BCUT2D eigenvalue weighted by Crippen LogP contribution is -2.29. The summed E-state index contributed by atoms with van der Waals surface area (Å²) in [5, 5.41) is 6.25. The molecule has 0 atom stereocenters. The second-order valence-electron chi connectivity index (χ2n) is 6.05. The molecule has 0 aliphatic heterocycles. The van der Waals surface area contributed by atoms with Crippen molar-refractivity contribution in [1.82, 2.24) is 5.32 Å². The van der Waals surface area contributed by atoms with Gasteiger partial charge in [-0.25, -0.2) is 0 Å². The van der Waals surface area contributed by atoms with Gasteiger partial charge in [-0.05, 0) is 36.8 Å². The Bertz CT molecular complexity index is 536. The van der Waals surface area contributed by atoms with Gasteiger partial charge in [-0.15, -0.1) is 0 Å². The van der Waals surface area contributed by atoms with Crippen LogP contribution in [-0.2, 0) is 6.18 Å². The normalized spacial score (nSPS) is 11.4. The van der Waals surface area contributed by atoms with E-state index in [4.69, 9.17) is 23.8 Å². The van der Waals surface area contributed by atoms with Crippen molar-refractivity contribution < 1.29 is 13.2 Å². The van der Waals surface area contributed by atoms with Crippen LogP contribution in [0.4, 0.5) is 18.9 Å². The molecule has 2 nitrogen and oxygen atoms in total. The maximum atomic E-state index is 12.6. The first-order valence-electron chi connectivity index (χ1n) is 8.76. The Morgan fingerprint density at radius 2 is 1.64 bits per heavy atom. The third-order valence-corrected chi connectivity index (χ3v) is 4.42. The zero-order valence-electron chi connectivity index (χ0n) is 14.5. The van der Waals surface area contributed by atoms with Crippen LogP contribution in [0.5, 0.6) is 0 Å². The molecule has 0 heterocycles. The molecule has 0 aliphatic rings. The molecule has 0 aromatic heterocycles. The average Bonchev–Trinajstić information content (AvgIpc) is 2.54. The van der Waals surface area contributed by atoms with Gasteiger partial charge in [-0.1, -0.05) is 63.5 Å². The van der Waals surface area contributed by atoms with Gasteiger partial charge in [-0.2, -0.15) is 13.2 Å². The van der Waals surface area contributed by atoms with Gasteiger partial charge in [0.1, 0.15) is 0 Å². The van der Waals surface area contributed by atoms with E-state index in [1.54, 1.807) is 0 Å². The summed E-state index contributed by atoms with van der Waals surface area (Å²) < 4.78 is 37.8. The molecule has 142 valence electrons. The van der Waals surface area contributed by atoms with Crippen LogP contribution in [0, 0.1) is 0 Å². The predicted molar refractivity (Wildman–Crippen MR) is 103 cm³/mol. The summed E-state index contributed by atoms with van der Waals surface area (Å²) in [7, 11) is 0. The van der Waals surface area contributed by atoms with Crippen molar-refractivity contribution in [2.24, 2.45) is 0 Å². The van der Waals surface area contributed by atoms with Crippen LogP contribution in [0.1, 0.15) is 63.9 Å². The summed E-state index contributed by atoms with van der Waals surface area (Å²) in [5.74, 6) is 0. The van der Waals surface area contributed by atoms with Gasteiger partial charge < -0.3 is 10.6 Å². The van der Waals surface area contributed by atoms with Crippen molar-refractivity contribution in [1.29, 1.82) is 0 Å². The van der Waals surface area contributed by atoms with E-state index in [1.165, 1.54) is 44.6 Å². The number of anilines is 1. The fourth-order valence-electron chi connectivity index (χ4n) is 2.42. The van der Waals surface area contributed by atoms with E-state index < -0.39 is 11.7 Å². The van der Waals surface area contributed by atoms with Crippen LogP contribution in [0.15, 0.2) is 18.2 Å². The Morgan fingerprint density at radius 1 is 1.04 bits per heavy atom. The highest BCUT2D eigenvalue weighted by Gasteiger charge is 2.30. The Morgan fingerprint density at radius 3 is 2.20 bits per heavy atom. The number of alkyl halides is 3. The molecule has 0 aliphatic carbocycles. The van der Waals surface area contributed by atoms with Crippen molar-refractivity contribution in [3.05, 3.63) is 28.8 Å². The lowest BCUT2D eigenvalue weighted by Gasteiger charge is -2.13. The highest BCUT2D eigenvalue weighted by Crippen LogP contribution is 2.33. The van der Waals surface area contributed by atoms with Gasteiger partial charge in [0.2, 0.25) is 0 Å². The Balaban J connectivity index is 2.22. The molecule has 0 unspecified atom stereocenters. The summed E-state index contributed by atoms with van der Waals surface area (Å²) in [6, 6.07) is 3.16. The number of hydrogen-bond acceptors (Lipinski definition) is 1. The minimum atomic E-state index is -4.41. The predicted octanol–water partition coefficient (Wildman–Crippen LogP) is 6.79. The number of halogens is 4. The molecule has 0 fully saturated rings. The summed E-state index contributed by atoms with van der Waals surface area (Å²) in [5.41, 5.74) is -0.413. The summed E-state index contributed by atoms with van der Waals surface area (Å²) in [4.78, 5) is 0. The van der Waals surface area contributed by atoms with E-state index in [1.807, 2.05) is 0 Å². The molecular weight excluding hydrogens is 369 g/mol. The molecule has 0 amide bonds. The highest BCUT2D eigenvalue weighted by molar-refractivity contribution is 7.80. The summed E-state index contributed by atoms with van der Waals surface area (Å²) in [6.07, 6.45) is 5.42. The van der Waals surface area contributed by atoms with E-state index in [9.17, 15) is 13.2 Å². The van der Waals surface area contributed by atoms with Crippen molar-refractivity contribution in [2.75, 3.05) is 11.9 Å². The molecule has 0 radical (unpaired) electrons. The van der Waals surface area contributed by atoms with Gasteiger partial charge >= 0.3 is 6.18 Å². The number of benzene rings is 1. The van der Waals surface area contributed by atoms with Gasteiger partial charge in [0.15, 0.2) is 5.11 Å². The molecule has 1 rings (SSSR count). The van der Waals surface area contributed by atoms with E-state index >= 15 is 0 Å². The van der Waals surface area contributed by atoms with Crippen molar-refractivity contribution in [3.8, 4) is 0 Å². The average molecular weight is 395 g/mol. The summed E-state index contributed by atoms with van der Waals surface area (Å²) in [6.45, 7) is 2.94. The number of unbranched alkanes of at least 4 members (excludes halogenated alkanes) is 7. The number of rotatable bonds is 10. The quantitative estimate of drug-likeness (QED) is 0.337. The molecular formula is C18H26ClF3N2S. The Kier molecular flexibility index (Phi) is 10.2. The van der Waals surface area contributed by atoms with E-state index in [0.717, 1.165) is 31.5 Å². The van der Waals surface area contributed by atoms with Gasteiger partial charge in [0.25, 0.3) is 0 Å². The van der Waals surface area contributed by atoms with Crippen LogP contribution in [0.2, 0.25) is 5.02 Å². The molecule has 0 saturated carbocycles. The molecule has 0 spiro atoms. The van der Waals surface area contributed by atoms with Crippen LogP contribution in [0.25, 0.3) is 0 Å². The fourth-order valence-corrected chi connectivity index (χ4v) is 2.86. The first-order valence-corrected chi connectivity index (χ1v) is 9.54. The SMILES string of the molecule is CCCCCCCCCCNC(=S)Nc1ccc(C(F)(F)F)cc1Cl. The molecule has 2 N–H and O–H groups in total. The Hall–Kier alpha value is -1.01. The molecule has 1 aromatic carbocycles. The van der Waals surface area contributed by atoms with Crippen LogP contribution >= 0.6 is 23.8 Å². The Labute approximate surface area is 158 Å². The minimum absolute atomic E-state index is 0.00828. The zero-order chi connectivity index (χ0) is 18.7. The van der Waals surface area contributed by atoms with Gasteiger partial charge in [0, 0.05) is 6.54 Å². The second-order valence-corrected chi connectivity index (χ2v) is 6.86. The number of nitrogens with one attached hydrogen (secondary N) is 2. The van der Waals surface area contributed by atoms with Crippen molar-refractivity contribution in [3.63, 3.8) is 0 Å². The molecule has 0 bridgehead atoms. The van der Waals surface area contributed by atoms with Crippen LogP contribution < -0.4 is 10.6 Å². The van der Waals surface area contributed by atoms with Crippen LogP contribution in [-0.4, -0.2) is 11.7 Å². The zero-order valence-corrected chi connectivity index (χ0v) is 16.1. The van der Waals surface area contributed by atoms with Crippen molar-refractivity contribution in [2.45, 2.75) is 64.5 Å². The standard InChI is InChI=1S/C18H26ClF3N2S/c1-2-3-4-5-6-7-8-9-12-23-17(25)24-16-11-10-14(13-15(16)19)18(20,21)22/h10-11,13H,2-9,12H2,1H3,(H2,23,24,25). The van der Waals surface area contributed by atoms with Crippen molar-refractivity contribution >= 4 is 34.6 Å². The number of thiocarbonyl (C=S) groups is 1. The van der Waals surface area contributed by atoms with E-state index in [2.05, 4.69) is 17.6 Å². The smallest absolute Gasteiger partial charge is 0.362 e.